The lowest BCUT2D eigenvalue weighted by atomic mass is 10.1. The lowest BCUT2D eigenvalue weighted by Gasteiger charge is -1.98. The molecular formula is C11H10NO2. The number of hydrogen-bond donors (Lipinski definition) is 1. The van der Waals surface area contributed by atoms with Gasteiger partial charge < -0.3 is 9.52 Å². The van der Waals surface area contributed by atoms with Crippen molar-refractivity contribution >= 4 is 0 Å². The van der Waals surface area contributed by atoms with Crippen molar-refractivity contribution in [3.63, 3.8) is 0 Å². The molecule has 3 nitrogen and oxygen atoms in total. The molecule has 14 heavy (non-hydrogen) atoms. The van der Waals surface area contributed by atoms with Gasteiger partial charge in [-0.2, -0.15) is 0 Å². The molecule has 0 aliphatic carbocycles. The van der Waals surface area contributed by atoms with Crippen LogP contribution >= 0.6 is 0 Å². The molecule has 0 fully saturated rings. The summed E-state index contributed by atoms with van der Waals surface area (Å²) >= 11 is 0. The van der Waals surface area contributed by atoms with E-state index in [0.29, 0.717) is 11.7 Å². The standard InChI is InChI=1S/C11H10NO2/c1-8-6-12-11(14-8)10-4-2-3-9(5-10)7-13/h2-5,13H,7H2,1H3. The Bertz CT molecular complexity index is 434. The highest BCUT2D eigenvalue weighted by Gasteiger charge is 2.04. The summed E-state index contributed by atoms with van der Waals surface area (Å²) < 4.78 is 5.32. The molecular weight excluding hydrogens is 178 g/mol. The first-order valence-electron chi connectivity index (χ1n) is 4.35. The number of aromatic nitrogens is 1. The monoisotopic (exact) mass is 188 g/mol. The smallest absolute Gasteiger partial charge is 0.226 e. The minimum atomic E-state index is 0.0250. The molecule has 1 heterocycles. The van der Waals surface area contributed by atoms with E-state index >= 15 is 0 Å². The minimum Gasteiger partial charge on any atom is -0.441 e. The van der Waals surface area contributed by atoms with E-state index in [4.69, 9.17) is 9.52 Å². The Hall–Kier alpha value is -1.61. The van der Waals surface area contributed by atoms with Crippen LogP contribution in [0.1, 0.15) is 11.3 Å². The highest BCUT2D eigenvalue weighted by Crippen LogP contribution is 2.19. The molecule has 3 heteroatoms. The quantitative estimate of drug-likeness (QED) is 0.783. The summed E-state index contributed by atoms with van der Waals surface area (Å²) in [6.45, 7) is 1.82. The number of oxazole rings is 1. The van der Waals surface area contributed by atoms with Gasteiger partial charge in [0.2, 0.25) is 5.89 Å². The van der Waals surface area contributed by atoms with Crippen LogP contribution in [-0.4, -0.2) is 10.1 Å². The van der Waals surface area contributed by atoms with Crippen molar-refractivity contribution in [2.24, 2.45) is 0 Å². The normalized spacial score (nSPS) is 10.4. The van der Waals surface area contributed by atoms with E-state index in [1.165, 1.54) is 0 Å². The van der Waals surface area contributed by atoms with Crippen molar-refractivity contribution in [3.05, 3.63) is 41.8 Å². The Morgan fingerprint density at radius 2 is 2.36 bits per heavy atom. The number of nitrogens with zero attached hydrogens (tertiary/aromatic N) is 1. The summed E-state index contributed by atoms with van der Waals surface area (Å²) in [5.41, 5.74) is 1.71. The number of aliphatic hydroxyl groups excluding tert-OH is 1. The number of rotatable bonds is 2. The van der Waals surface area contributed by atoms with Gasteiger partial charge in [-0.25, -0.2) is 4.98 Å². The SMILES string of the molecule is Cc1[c]nc(-c2cccc(CO)c2)o1. The van der Waals surface area contributed by atoms with Crippen molar-refractivity contribution in [1.82, 2.24) is 4.98 Å². The fraction of sp³-hybridized carbons (Fsp3) is 0.182. The van der Waals surface area contributed by atoms with Gasteiger partial charge in [0.15, 0.2) is 0 Å². The first kappa shape index (κ1) is 8.97. The summed E-state index contributed by atoms with van der Waals surface area (Å²) in [5.74, 6) is 1.20. The Kier molecular flexibility index (Phi) is 2.33. The second-order valence-electron chi connectivity index (χ2n) is 3.05. The molecule has 1 N–H and O–H groups in total. The summed E-state index contributed by atoms with van der Waals surface area (Å²) in [6, 6.07) is 7.45. The number of aliphatic hydroxyl groups is 1. The lowest BCUT2D eigenvalue weighted by molar-refractivity contribution is 0.282. The van der Waals surface area contributed by atoms with E-state index in [0.717, 1.165) is 11.1 Å². The Morgan fingerprint density at radius 1 is 1.50 bits per heavy atom. The van der Waals surface area contributed by atoms with Gasteiger partial charge in [0.25, 0.3) is 0 Å². The molecule has 0 saturated carbocycles. The number of hydrogen-bond acceptors (Lipinski definition) is 3. The van der Waals surface area contributed by atoms with Crippen molar-refractivity contribution in [2.75, 3.05) is 0 Å². The molecule has 1 aromatic carbocycles. The van der Waals surface area contributed by atoms with Crippen LogP contribution in [-0.2, 0) is 6.61 Å². The van der Waals surface area contributed by atoms with Crippen molar-refractivity contribution < 1.29 is 9.52 Å². The van der Waals surface area contributed by atoms with Gasteiger partial charge in [-0.3, -0.25) is 0 Å². The van der Waals surface area contributed by atoms with Crippen molar-refractivity contribution in [2.45, 2.75) is 13.5 Å². The maximum Gasteiger partial charge on any atom is 0.226 e. The van der Waals surface area contributed by atoms with Gasteiger partial charge in [0.1, 0.15) is 12.0 Å². The highest BCUT2D eigenvalue weighted by molar-refractivity contribution is 5.54. The molecule has 0 aliphatic rings. The van der Waals surface area contributed by atoms with Crippen LogP contribution in [0.5, 0.6) is 0 Å². The largest absolute Gasteiger partial charge is 0.441 e. The number of benzene rings is 1. The van der Waals surface area contributed by atoms with Crippen molar-refractivity contribution in [1.29, 1.82) is 0 Å². The fourth-order valence-electron chi connectivity index (χ4n) is 1.25. The predicted octanol–water partition coefficient (Wildman–Crippen LogP) is 1.94. The number of aryl methyl sites for hydroxylation is 1. The Balaban J connectivity index is 2.41. The van der Waals surface area contributed by atoms with E-state index in [1.54, 1.807) is 6.92 Å². The average molecular weight is 188 g/mol. The van der Waals surface area contributed by atoms with Crippen LogP contribution in [0.2, 0.25) is 0 Å². The zero-order valence-electron chi connectivity index (χ0n) is 7.82. The molecule has 2 rings (SSSR count). The summed E-state index contributed by atoms with van der Waals surface area (Å²) in [5, 5.41) is 8.96. The third-order valence-electron chi connectivity index (χ3n) is 1.92. The van der Waals surface area contributed by atoms with Crippen LogP contribution in [0.15, 0.2) is 28.7 Å². The molecule has 1 radical (unpaired) electrons. The van der Waals surface area contributed by atoms with Crippen LogP contribution in [0, 0.1) is 13.1 Å². The maximum absolute atomic E-state index is 8.96. The maximum atomic E-state index is 8.96. The molecule has 0 saturated heterocycles. The predicted molar refractivity (Wildman–Crippen MR) is 51.4 cm³/mol. The molecule has 0 bridgehead atoms. The molecule has 0 spiro atoms. The van der Waals surface area contributed by atoms with Crippen molar-refractivity contribution in [3.8, 4) is 11.5 Å². The van der Waals surface area contributed by atoms with E-state index < -0.39 is 0 Å². The van der Waals surface area contributed by atoms with Gasteiger partial charge >= 0.3 is 0 Å². The van der Waals surface area contributed by atoms with Crippen LogP contribution in [0.4, 0.5) is 0 Å². The minimum absolute atomic E-state index is 0.0250. The van der Waals surface area contributed by atoms with Gasteiger partial charge in [-0.05, 0) is 24.6 Å². The highest BCUT2D eigenvalue weighted by atomic mass is 16.4. The van der Waals surface area contributed by atoms with Gasteiger partial charge in [-0.1, -0.05) is 12.1 Å². The third kappa shape index (κ3) is 1.67. The molecule has 0 amide bonds. The zero-order chi connectivity index (χ0) is 9.97. The van der Waals surface area contributed by atoms with E-state index in [1.807, 2.05) is 24.3 Å². The molecule has 0 atom stereocenters. The van der Waals surface area contributed by atoms with E-state index in [9.17, 15) is 0 Å². The van der Waals surface area contributed by atoms with Crippen LogP contribution < -0.4 is 0 Å². The first-order chi connectivity index (χ1) is 6.79. The van der Waals surface area contributed by atoms with Gasteiger partial charge in [0, 0.05) is 5.56 Å². The molecule has 71 valence electrons. The van der Waals surface area contributed by atoms with Gasteiger partial charge in [0.05, 0.1) is 6.61 Å². The summed E-state index contributed by atoms with van der Waals surface area (Å²) in [7, 11) is 0. The van der Waals surface area contributed by atoms with E-state index in [2.05, 4.69) is 11.2 Å². The molecule has 0 unspecified atom stereocenters. The topological polar surface area (TPSA) is 46.3 Å². The van der Waals surface area contributed by atoms with Crippen LogP contribution in [0.3, 0.4) is 0 Å². The molecule has 2 aromatic rings. The summed E-state index contributed by atoms with van der Waals surface area (Å²) in [6.07, 6.45) is 2.73. The lowest BCUT2D eigenvalue weighted by Crippen LogP contribution is -1.84. The zero-order valence-corrected chi connectivity index (χ0v) is 7.82. The molecule has 0 aliphatic heterocycles. The average Bonchev–Trinajstić information content (AvgIpc) is 2.65. The van der Waals surface area contributed by atoms with Crippen LogP contribution in [0.25, 0.3) is 11.5 Å². The fourth-order valence-corrected chi connectivity index (χ4v) is 1.25. The Morgan fingerprint density at radius 3 is 3.00 bits per heavy atom. The molecule has 1 aromatic heterocycles. The van der Waals surface area contributed by atoms with Gasteiger partial charge in [-0.15, -0.1) is 0 Å². The third-order valence-corrected chi connectivity index (χ3v) is 1.92. The second kappa shape index (κ2) is 3.64. The second-order valence-corrected chi connectivity index (χ2v) is 3.05. The summed E-state index contributed by atoms with van der Waals surface area (Å²) in [4.78, 5) is 3.99. The van der Waals surface area contributed by atoms with E-state index in [-0.39, 0.29) is 6.61 Å². The Labute approximate surface area is 82.0 Å². The first-order valence-corrected chi connectivity index (χ1v) is 4.35.